The van der Waals surface area contributed by atoms with Gasteiger partial charge in [-0.15, -0.1) is 0 Å². The standard InChI is InChI=1S/C18H29N3O2/c1-18(10-6-4-7-11-18)14-20-17(22)21(2)16(13-23-3)15-9-5-8-12-19-15/h5,8-9,12,16H,4,6-7,10-11,13-14H2,1-3H3,(H,20,22). The number of rotatable bonds is 6. The SMILES string of the molecule is COCC(c1ccccn1)N(C)C(=O)NCC1(C)CCCCC1. The number of urea groups is 1. The monoisotopic (exact) mass is 319 g/mol. The van der Waals surface area contributed by atoms with Crippen molar-refractivity contribution in [1.29, 1.82) is 0 Å². The highest BCUT2D eigenvalue weighted by Gasteiger charge is 2.29. The van der Waals surface area contributed by atoms with Gasteiger partial charge in [0.05, 0.1) is 18.3 Å². The molecule has 1 fully saturated rings. The molecule has 1 N–H and O–H groups in total. The summed E-state index contributed by atoms with van der Waals surface area (Å²) in [5.41, 5.74) is 1.08. The molecule has 2 amide bonds. The number of likely N-dealkylation sites (N-methyl/N-ethyl adjacent to an activating group) is 1. The van der Waals surface area contributed by atoms with Crippen molar-refractivity contribution in [3.05, 3.63) is 30.1 Å². The number of nitrogens with zero attached hydrogens (tertiary/aromatic N) is 2. The first kappa shape index (κ1) is 17.7. The van der Waals surface area contributed by atoms with Gasteiger partial charge in [-0.25, -0.2) is 4.79 Å². The van der Waals surface area contributed by atoms with Crippen LogP contribution in [0.4, 0.5) is 4.79 Å². The van der Waals surface area contributed by atoms with Crippen molar-refractivity contribution in [2.45, 2.75) is 45.1 Å². The minimum absolute atomic E-state index is 0.0653. The van der Waals surface area contributed by atoms with E-state index in [2.05, 4.69) is 17.2 Å². The molecule has 5 heteroatoms. The van der Waals surface area contributed by atoms with Crippen molar-refractivity contribution >= 4 is 6.03 Å². The molecule has 0 aliphatic heterocycles. The average Bonchev–Trinajstić information content (AvgIpc) is 2.58. The fourth-order valence-electron chi connectivity index (χ4n) is 3.26. The zero-order chi connectivity index (χ0) is 16.7. The third-order valence-electron chi connectivity index (χ3n) is 4.87. The first-order chi connectivity index (χ1) is 11.1. The predicted octanol–water partition coefficient (Wildman–Crippen LogP) is 3.38. The molecular formula is C18H29N3O2. The van der Waals surface area contributed by atoms with E-state index in [1.165, 1.54) is 32.1 Å². The third kappa shape index (κ3) is 4.93. The van der Waals surface area contributed by atoms with E-state index in [-0.39, 0.29) is 17.5 Å². The first-order valence-corrected chi connectivity index (χ1v) is 8.46. The summed E-state index contributed by atoms with van der Waals surface area (Å²) in [5.74, 6) is 0. The van der Waals surface area contributed by atoms with Crippen LogP contribution in [0.1, 0.15) is 50.8 Å². The summed E-state index contributed by atoms with van der Waals surface area (Å²) in [6.45, 7) is 3.44. The molecule has 1 aliphatic rings. The van der Waals surface area contributed by atoms with Crippen LogP contribution in [-0.4, -0.2) is 43.2 Å². The number of ether oxygens (including phenoxy) is 1. The third-order valence-corrected chi connectivity index (χ3v) is 4.87. The number of nitrogens with one attached hydrogen (secondary N) is 1. The maximum absolute atomic E-state index is 12.5. The molecule has 0 spiro atoms. The molecule has 2 rings (SSSR count). The molecule has 5 nitrogen and oxygen atoms in total. The van der Waals surface area contributed by atoms with Crippen molar-refractivity contribution in [3.63, 3.8) is 0 Å². The van der Waals surface area contributed by atoms with Crippen LogP contribution in [0.3, 0.4) is 0 Å². The number of carbonyl (C=O) groups is 1. The van der Waals surface area contributed by atoms with Crippen molar-refractivity contribution in [2.75, 3.05) is 27.3 Å². The van der Waals surface area contributed by atoms with Crippen LogP contribution < -0.4 is 5.32 Å². The van der Waals surface area contributed by atoms with Crippen molar-refractivity contribution in [2.24, 2.45) is 5.41 Å². The second-order valence-electron chi connectivity index (χ2n) is 6.87. The maximum atomic E-state index is 12.5. The maximum Gasteiger partial charge on any atom is 0.317 e. The lowest BCUT2D eigenvalue weighted by Crippen LogP contribution is -2.45. The fraction of sp³-hybridized carbons (Fsp3) is 0.667. The smallest absolute Gasteiger partial charge is 0.317 e. The molecule has 0 saturated heterocycles. The lowest BCUT2D eigenvalue weighted by atomic mass is 9.76. The molecule has 0 bridgehead atoms. The zero-order valence-corrected chi connectivity index (χ0v) is 14.5. The van der Waals surface area contributed by atoms with E-state index >= 15 is 0 Å². The van der Waals surface area contributed by atoms with Crippen molar-refractivity contribution in [1.82, 2.24) is 15.2 Å². The lowest BCUT2D eigenvalue weighted by Gasteiger charge is -2.35. The van der Waals surface area contributed by atoms with E-state index in [1.54, 1.807) is 25.3 Å². The molecule has 1 aliphatic carbocycles. The highest BCUT2D eigenvalue weighted by molar-refractivity contribution is 5.74. The molecule has 1 unspecified atom stereocenters. The van der Waals surface area contributed by atoms with Gasteiger partial charge in [0.15, 0.2) is 0 Å². The summed E-state index contributed by atoms with van der Waals surface area (Å²) < 4.78 is 5.28. The minimum Gasteiger partial charge on any atom is -0.382 e. The molecule has 0 radical (unpaired) electrons. The number of carbonyl (C=O) groups excluding carboxylic acids is 1. The normalized spacial score (nSPS) is 18.2. The Morgan fingerprint density at radius 2 is 2.13 bits per heavy atom. The van der Waals surface area contributed by atoms with E-state index in [9.17, 15) is 4.79 Å². The second-order valence-corrected chi connectivity index (χ2v) is 6.87. The number of hydrogen-bond donors (Lipinski definition) is 1. The number of amides is 2. The largest absolute Gasteiger partial charge is 0.382 e. The van der Waals surface area contributed by atoms with Gasteiger partial charge in [-0.3, -0.25) is 4.98 Å². The van der Waals surface area contributed by atoms with Gasteiger partial charge in [0, 0.05) is 26.9 Å². The fourth-order valence-corrected chi connectivity index (χ4v) is 3.26. The number of hydrogen-bond acceptors (Lipinski definition) is 3. The quantitative estimate of drug-likeness (QED) is 0.874. The Hall–Kier alpha value is -1.62. The Kier molecular flexibility index (Phi) is 6.39. The Balaban J connectivity index is 1.96. The summed E-state index contributed by atoms with van der Waals surface area (Å²) in [6.07, 6.45) is 7.98. The van der Waals surface area contributed by atoms with E-state index in [4.69, 9.17) is 4.74 Å². The summed E-state index contributed by atoms with van der Waals surface area (Å²) in [7, 11) is 3.45. The van der Waals surface area contributed by atoms with Gasteiger partial charge in [-0.1, -0.05) is 32.3 Å². The van der Waals surface area contributed by atoms with Gasteiger partial charge < -0.3 is 15.0 Å². The molecule has 128 valence electrons. The van der Waals surface area contributed by atoms with Gasteiger partial charge in [-0.2, -0.15) is 0 Å². The average molecular weight is 319 g/mol. The number of methoxy groups -OCH3 is 1. The molecule has 1 heterocycles. The minimum atomic E-state index is -0.180. The van der Waals surface area contributed by atoms with E-state index in [0.29, 0.717) is 6.61 Å². The van der Waals surface area contributed by atoms with Gasteiger partial charge in [-0.05, 0) is 30.4 Å². The van der Waals surface area contributed by atoms with Crippen LogP contribution >= 0.6 is 0 Å². The zero-order valence-electron chi connectivity index (χ0n) is 14.5. The van der Waals surface area contributed by atoms with Crippen LogP contribution in [0, 0.1) is 5.41 Å². The lowest BCUT2D eigenvalue weighted by molar-refractivity contribution is 0.111. The molecule has 1 aromatic rings. The van der Waals surface area contributed by atoms with E-state index in [0.717, 1.165) is 12.2 Å². The van der Waals surface area contributed by atoms with Crippen LogP contribution in [0.2, 0.25) is 0 Å². The van der Waals surface area contributed by atoms with E-state index < -0.39 is 0 Å². The van der Waals surface area contributed by atoms with Gasteiger partial charge in [0.25, 0.3) is 0 Å². The summed E-state index contributed by atoms with van der Waals surface area (Å²) in [5, 5.41) is 3.10. The van der Waals surface area contributed by atoms with Crippen LogP contribution in [0.15, 0.2) is 24.4 Å². The molecule has 0 aromatic carbocycles. The topological polar surface area (TPSA) is 54.5 Å². The Morgan fingerprint density at radius 3 is 2.74 bits per heavy atom. The molecular weight excluding hydrogens is 290 g/mol. The van der Waals surface area contributed by atoms with Crippen LogP contribution in [0.25, 0.3) is 0 Å². The highest BCUT2D eigenvalue weighted by atomic mass is 16.5. The molecule has 1 atom stereocenters. The van der Waals surface area contributed by atoms with Gasteiger partial charge in [0.1, 0.15) is 0 Å². The van der Waals surface area contributed by atoms with Gasteiger partial charge in [0.2, 0.25) is 0 Å². The van der Waals surface area contributed by atoms with Gasteiger partial charge >= 0.3 is 6.03 Å². The van der Waals surface area contributed by atoms with Crippen molar-refractivity contribution < 1.29 is 9.53 Å². The Bertz CT molecular complexity index is 486. The molecule has 1 saturated carbocycles. The highest BCUT2D eigenvalue weighted by Crippen LogP contribution is 2.35. The second kappa shape index (κ2) is 8.29. The number of aromatic nitrogens is 1. The van der Waals surface area contributed by atoms with Crippen LogP contribution in [0.5, 0.6) is 0 Å². The summed E-state index contributed by atoms with van der Waals surface area (Å²) in [6, 6.07) is 5.48. The molecule has 23 heavy (non-hydrogen) atoms. The van der Waals surface area contributed by atoms with Crippen LogP contribution in [-0.2, 0) is 4.74 Å². The van der Waals surface area contributed by atoms with Crippen molar-refractivity contribution in [3.8, 4) is 0 Å². The molecule has 1 aromatic heterocycles. The number of pyridine rings is 1. The summed E-state index contributed by atoms with van der Waals surface area (Å²) in [4.78, 5) is 18.6. The summed E-state index contributed by atoms with van der Waals surface area (Å²) >= 11 is 0. The first-order valence-electron chi connectivity index (χ1n) is 8.46. The van der Waals surface area contributed by atoms with E-state index in [1.807, 2.05) is 18.2 Å². The Morgan fingerprint density at radius 1 is 1.39 bits per heavy atom. The Labute approximate surface area is 139 Å². The predicted molar refractivity (Wildman–Crippen MR) is 91.2 cm³/mol.